The monoisotopic (exact) mass is 329 g/mol. The molecule has 5 heteroatoms. The minimum atomic E-state index is -0.138. The summed E-state index contributed by atoms with van der Waals surface area (Å²) in [5, 5.41) is 6.34. The van der Waals surface area contributed by atoms with Crippen LogP contribution in [-0.4, -0.2) is 41.9 Å². The minimum Gasteiger partial charge on any atom is -0.354 e. The molecule has 2 aliphatic heterocycles. The molecule has 0 unspecified atom stereocenters. The average Bonchev–Trinajstić information content (AvgIpc) is 2.60. The summed E-state index contributed by atoms with van der Waals surface area (Å²) in [5.74, 6) is 0.338. The fraction of sp³-hybridized carbons (Fsp3) is 0.579. The SMILES string of the molecule is CC(C)NC(=O)C1CCN(C(=O)[C@H]2Cc3ccccc3CN2)CC1. The van der Waals surface area contributed by atoms with Crippen molar-refractivity contribution in [1.82, 2.24) is 15.5 Å². The topological polar surface area (TPSA) is 61.4 Å². The number of carbonyl (C=O) groups excluding carboxylic acids is 2. The summed E-state index contributed by atoms with van der Waals surface area (Å²) >= 11 is 0. The standard InChI is InChI=1S/C19H27N3O2/c1-13(2)21-18(23)14-7-9-22(10-8-14)19(24)17-11-15-5-3-4-6-16(15)12-20-17/h3-6,13-14,17,20H,7-12H2,1-2H3,(H,21,23)/t17-/m1/s1. The van der Waals surface area contributed by atoms with Crippen molar-refractivity contribution >= 4 is 11.8 Å². The van der Waals surface area contributed by atoms with Gasteiger partial charge in [-0.3, -0.25) is 9.59 Å². The summed E-state index contributed by atoms with van der Waals surface area (Å²) in [6, 6.07) is 8.32. The maximum Gasteiger partial charge on any atom is 0.240 e. The molecule has 0 bridgehead atoms. The van der Waals surface area contributed by atoms with Crippen LogP contribution in [-0.2, 0) is 22.6 Å². The number of fused-ring (bicyclic) bond motifs is 1. The van der Waals surface area contributed by atoms with E-state index in [0.29, 0.717) is 13.1 Å². The lowest BCUT2D eigenvalue weighted by Gasteiger charge is -2.35. The van der Waals surface area contributed by atoms with Gasteiger partial charge in [0.2, 0.25) is 11.8 Å². The second kappa shape index (κ2) is 7.34. The maximum atomic E-state index is 12.8. The second-order valence-electron chi connectivity index (χ2n) is 7.17. The highest BCUT2D eigenvalue weighted by atomic mass is 16.2. The molecule has 1 atom stereocenters. The first kappa shape index (κ1) is 17.0. The van der Waals surface area contributed by atoms with E-state index in [1.54, 1.807) is 0 Å². The van der Waals surface area contributed by atoms with Crippen molar-refractivity contribution in [1.29, 1.82) is 0 Å². The minimum absolute atomic E-state index is 0.0384. The summed E-state index contributed by atoms with van der Waals surface area (Å²) < 4.78 is 0. The lowest BCUT2D eigenvalue weighted by molar-refractivity contribution is -0.137. The Hall–Kier alpha value is -1.88. The third-order valence-electron chi connectivity index (χ3n) is 4.99. The first-order valence-corrected chi connectivity index (χ1v) is 8.94. The third-order valence-corrected chi connectivity index (χ3v) is 4.99. The highest BCUT2D eigenvalue weighted by molar-refractivity contribution is 5.83. The molecule has 0 radical (unpaired) electrons. The molecule has 1 aromatic carbocycles. The largest absolute Gasteiger partial charge is 0.354 e. The van der Waals surface area contributed by atoms with Crippen molar-refractivity contribution in [2.75, 3.05) is 13.1 Å². The van der Waals surface area contributed by atoms with Crippen molar-refractivity contribution < 1.29 is 9.59 Å². The van der Waals surface area contributed by atoms with E-state index in [-0.39, 0.29) is 29.8 Å². The average molecular weight is 329 g/mol. The molecule has 5 nitrogen and oxygen atoms in total. The summed E-state index contributed by atoms with van der Waals surface area (Å²) in [7, 11) is 0. The van der Waals surface area contributed by atoms with Crippen LogP contribution in [0.5, 0.6) is 0 Å². The number of carbonyl (C=O) groups is 2. The van der Waals surface area contributed by atoms with Gasteiger partial charge < -0.3 is 15.5 Å². The van der Waals surface area contributed by atoms with Crippen molar-refractivity contribution in [3.8, 4) is 0 Å². The van der Waals surface area contributed by atoms with Gasteiger partial charge in [0.05, 0.1) is 6.04 Å². The van der Waals surface area contributed by atoms with Crippen LogP contribution in [0.3, 0.4) is 0 Å². The molecule has 1 fully saturated rings. The van der Waals surface area contributed by atoms with Crippen molar-refractivity contribution in [2.24, 2.45) is 5.92 Å². The van der Waals surface area contributed by atoms with E-state index in [0.717, 1.165) is 25.8 Å². The highest BCUT2D eigenvalue weighted by Crippen LogP contribution is 2.21. The molecule has 130 valence electrons. The van der Waals surface area contributed by atoms with Gasteiger partial charge in [-0.2, -0.15) is 0 Å². The Morgan fingerprint density at radius 3 is 2.50 bits per heavy atom. The summed E-state index contributed by atoms with van der Waals surface area (Å²) in [4.78, 5) is 26.8. The number of amides is 2. The number of rotatable bonds is 3. The number of nitrogens with one attached hydrogen (secondary N) is 2. The van der Waals surface area contributed by atoms with Gasteiger partial charge in [0.1, 0.15) is 0 Å². The normalized spacial score (nSPS) is 21.5. The zero-order chi connectivity index (χ0) is 17.1. The smallest absolute Gasteiger partial charge is 0.240 e. The molecule has 2 heterocycles. The summed E-state index contributed by atoms with van der Waals surface area (Å²) in [6.07, 6.45) is 2.27. The highest BCUT2D eigenvalue weighted by Gasteiger charge is 2.32. The van der Waals surface area contributed by atoms with E-state index in [1.165, 1.54) is 11.1 Å². The zero-order valence-corrected chi connectivity index (χ0v) is 14.5. The molecular weight excluding hydrogens is 302 g/mol. The first-order chi connectivity index (χ1) is 11.5. The molecule has 1 aromatic rings. The van der Waals surface area contributed by atoms with Gasteiger partial charge in [0.25, 0.3) is 0 Å². The number of nitrogens with zero attached hydrogens (tertiary/aromatic N) is 1. The second-order valence-corrected chi connectivity index (χ2v) is 7.17. The molecule has 0 aliphatic carbocycles. The Morgan fingerprint density at radius 1 is 1.17 bits per heavy atom. The Kier molecular flexibility index (Phi) is 5.19. The number of hydrogen-bond acceptors (Lipinski definition) is 3. The summed E-state index contributed by atoms with van der Waals surface area (Å²) in [6.45, 7) is 6.05. The van der Waals surface area contributed by atoms with E-state index < -0.39 is 0 Å². The van der Waals surface area contributed by atoms with Crippen LogP contribution in [0.25, 0.3) is 0 Å². The van der Waals surface area contributed by atoms with Gasteiger partial charge in [0.15, 0.2) is 0 Å². The van der Waals surface area contributed by atoms with Gasteiger partial charge in [-0.05, 0) is 44.2 Å². The van der Waals surface area contributed by atoms with E-state index in [2.05, 4.69) is 22.8 Å². The van der Waals surface area contributed by atoms with E-state index in [4.69, 9.17) is 0 Å². The Labute approximate surface area is 143 Å². The molecule has 3 rings (SSSR count). The van der Waals surface area contributed by atoms with Crippen LogP contribution >= 0.6 is 0 Å². The van der Waals surface area contributed by atoms with Crippen LogP contribution in [0.4, 0.5) is 0 Å². The third kappa shape index (κ3) is 3.78. The van der Waals surface area contributed by atoms with E-state index >= 15 is 0 Å². The van der Waals surface area contributed by atoms with Gasteiger partial charge in [-0.15, -0.1) is 0 Å². The number of piperidine rings is 1. The lowest BCUT2D eigenvalue weighted by Crippen LogP contribution is -2.52. The Morgan fingerprint density at radius 2 is 1.83 bits per heavy atom. The number of hydrogen-bond donors (Lipinski definition) is 2. The molecule has 0 aromatic heterocycles. The van der Waals surface area contributed by atoms with Crippen LogP contribution in [0.15, 0.2) is 24.3 Å². The molecular formula is C19H27N3O2. The molecule has 1 saturated heterocycles. The predicted octanol–water partition coefficient (Wildman–Crippen LogP) is 1.46. The Bertz CT molecular complexity index is 606. The van der Waals surface area contributed by atoms with Crippen molar-refractivity contribution in [2.45, 2.75) is 51.7 Å². The van der Waals surface area contributed by atoms with Gasteiger partial charge in [-0.1, -0.05) is 24.3 Å². The van der Waals surface area contributed by atoms with E-state index in [9.17, 15) is 9.59 Å². The number of benzene rings is 1. The fourth-order valence-electron chi connectivity index (χ4n) is 3.61. The van der Waals surface area contributed by atoms with Crippen molar-refractivity contribution in [3.05, 3.63) is 35.4 Å². The molecule has 2 N–H and O–H groups in total. The first-order valence-electron chi connectivity index (χ1n) is 8.94. The van der Waals surface area contributed by atoms with Gasteiger partial charge in [0, 0.05) is 31.6 Å². The van der Waals surface area contributed by atoms with E-state index in [1.807, 2.05) is 30.9 Å². The van der Waals surface area contributed by atoms with Crippen LogP contribution in [0.2, 0.25) is 0 Å². The quantitative estimate of drug-likeness (QED) is 0.883. The zero-order valence-electron chi connectivity index (χ0n) is 14.5. The molecule has 0 spiro atoms. The predicted molar refractivity (Wildman–Crippen MR) is 93.4 cm³/mol. The Balaban J connectivity index is 1.54. The van der Waals surface area contributed by atoms with Gasteiger partial charge in [-0.25, -0.2) is 0 Å². The maximum absolute atomic E-state index is 12.8. The van der Waals surface area contributed by atoms with Crippen LogP contribution < -0.4 is 10.6 Å². The lowest BCUT2D eigenvalue weighted by atomic mass is 9.92. The summed E-state index contributed by atoms with van der Waals surface area (Å²) in [5.41, 5.74) is 2.55. The molecule has 0 saturated carbocycles. The fourth-order valence-corrected chi connectivity index (χ4v) is 3.61. The molecule has 24 heavy (non-hydrogen) atoms. The van der Waals surface area contributed by atoms with Gasteiger partial charge >= 0.3 is 0 Å². The number of likely N-dealkylation sites (tertiary alicyclic amines) is 1. The van der Waals surface area contributed by atoms with Crippen LogP contribution in [0, 0.1) is 5.92 Å². The van der Waals surface area contributed by atoms with Crippen LogP contribution in [0.1, 0.15) is 37.8 Å². The molecule has 2 amide bonds. The molecule has 2 aliphatic rings. The van der Waals surface area contributed by atoms with Crippen molar-refractivity contribution in [3.63, 3.8) is 0 Å².